The smallest absolute Gasteiger partial charge is 0.225 e. The Balaban J connectivity index is 1.45. The van der Waals surface area contributed by atoms with E-state index in [1.807, 2.05) is 0 Å². The first-order valence-corrected chi connectivity index (χ1v) is 16.2. The number of nitrogens with one attached hydrogen (secondary N) is 2. The third-order valence-corrected chi connectivity index (χ3v) is 10.4. The number of carbonyl (C=O) groups is 1. The number of carbonyl (C=O) groups excluding carboxylic acids is 1. The van der Waals surface area contributed by atoms with Crippen molar-refractivity contribution in [3.8, 4) is 16.5 Å². The van der Waals surface area contributed by atoms with Crippen LogP contribution >= 0.6 is 11.3 Å². The van der Waals surface area contributed by atoms with Gasteiger partial charge in [-0.2, -0.15) is 5.26 Å². The minimum absolute atomic E-state index is 0.00742. The molecule has 0 bridgehead atoms. The largest absolute Gasteiger partial charge is 0.369 e. The molecule has 2 heterocycles. The van der Waals surface area contributed by atoms with Crippen LogP contribution in [0, 0.1) is 17.2 Å². The molecule has 3 aliphatic rings. The first kappa shape index (κ1) is 26.9. The van der Waals surface area contributed by atoms with Crippen LogP contribution in [0.25, 0.3) is 10.4 Å². The molecule has 204 valence electrons. The monoisotopic (exact) mass is 555 g/mol. The van der Waals surface area contributed by atoms with E-state index in [-0.39, 0.29) is 34.8 Å². The molecule has 2 aliphatic carbocycles. The second-order valence-corrected chi connectivity index (χ2v) is 15.3. The van der Waals surface area contributed by atoms with E-state index < -0.39 is 15.4 Å². The number of benzene rings is 1. The Kier molecular flexibility index (Phi) is 7.20. The molecule has 1 saturated heterocycles. The molecule has 2 atom stereocenters. The number of aromatic nitrogens is 1. The van der Waals surface area contributed by atoms with Gasteiger partial charge in [0.25, 0.3) is 0 Å². The van der Waals surface area contributed by atoms with Gasteiger partial charge in [0.15, 0.2) is 15.0 Å². The van der Waals surface area contributed by atoms with Crippen LogP contribution in [0.4, 0.5) is 10.8 Å². The molecule has 1 aromatic heterocycles. The average Bonchev–Trinajstić information content (AvgIpc) is 3.53. The molecule has 0 radical (unpaired) electrons. The van der Waals surface area contributed by atoms with Gasteiger partial charge in [-0.3, -0.25) is 4.79 Å². The molecule has 2 unspecified atom stereocenters. The molecule has 1 amide bonds. The molecule has 10 heteroatoms. The number of anilines is 2. The first-order chi connectivity index (χ1) is 18.0. The second kappa shape index (κ2) is 10.2. The molecule has 0 spiro atoms. The molecule has 2 N–H and O–H groups in total. The second-order valence-electron chi connectivity index (χ2n) is 12.0. The third kappa shape index (κ3) is 5.99. The Morgan fingerprint density at radius 1 is 1.13 bits per heavy atom. The van der Waals surface area contributed by atoms with E-state index in [1.165, 1.54) is 0 Å². The van der Waals surface area contributed by atoms with Crippen LogP contribution < -0.4 is 15.5 Å². The molecule has 8 nitrogen and oxygen atoms in total. The highest BCUT2D eigenvalue weighted by Crippen LogP contribution is 2.46. The summed E-state index contributed by atoms with van der Waals surface area (Å²) in [6.07, 6.45) is 5.19. The van der Waals surface area contributed by atoms with Crippen LogP contribution in [-0.2, 0) is 14.6 Å². The van der Waals surface area contributed by atoms with E-state index in [2.05, 4.69) is 66.6 Å². The lowest BCUT2D eigenvalue weighted by atomic mass is 9.76. The van der Waals surface area contributed by atoms with E-state index in [1.54, 1.807) is 11.3 Å². The van der Waals surface area contributed by atoms with Gasteiger partial charge >= 0.3 is 0 Å². The van der Waals surface area contributed by atoms with Gasteiger partial charge in [-0.25, -0.2) is 13.4 Å². The molecule has 38 heavy (non-hydrogen) atoms. The minimum atomic E-state index is -2.93. The van der Waals surface area contributed by atoms with Crippen LogP contribution in [0.2, 0.25) is 0 Å². The molecule has 1 aliphatic heterocycles. The third-order valence-electron chi connectivity index (χ3n) is 7.75. The van der Waals surface area contributed by atoms with Crippen molar-refractivity contribution < 1.29 is 13.2 Å². The molecule has 5 rings (SSSR count). The van der Waals surface area contributed by atoms with Crippen molar-refractivity contribution in [2.75, 3.05) is 34.8 Å². The van der Waals surface area contributed by atoms with E-state index in [9.17, 15) is 18.5 Å². The summed E-state index contributed by atoms with van der Waals surface area (Å²) in [6.45, 7) is 7.34. The van der Waals surface area contributed by atoms with Crippen LogP contribution in [0.3, 0.4) is 0 Å². The predicted molar refractivity (Wildman–Crippen MR) is 152 cm³/mol. The van der Waals surface area contributed by atoms with Gasteiger partial charge in [0.1, 0.15) is 5.54 Å². The fourth-order valence-electron chi connectivity index (χ4n) is 5.45. The zero-order valence-electron chi connectivity index (χ0n) is 22.4. The zero-order valence-corrected chi connectivity index (χ0v) is 24.1. The number of nitrogens with zero attached hydrogens (tertiary/aromatic N) is 3. The van der Waals surface area contributed by atoms with Crippen LogP contribution in [-0.4, -0.2) is 55.0 Å². The number of amides is 1. The minimum Gasteiger partial charge on any atom is -0.369 e. The van der Waals surface area contributed by atoms with Crippen molar-refractivity contribution in [1.82, 2.24) is 10.3 Å². The summed E-state index contributed by atoms with van der Waals surface area (Å²) in [5.74, 6) is 0.148. The van der Waals surface area contributed by atoms with Crippen LogP contribution in [0.5, 0.6) is 0 Å². The van der Waals surface area contributed by atoms with Gasteiger partial charge in [0, 0.05) is 36.2 Å². The number of nitriles is 1. The number of rotatable bonds is 6. The van der Waals surface area contributed by atoms with E-state index in [0.717, 1.165) is 65.5 Å². The van der Waals surface area contributed by atoms with Crippen LogP contribution in [0.15, 0.2) is 24.3 Å². The van der Waals surface area contributed by atoms with Crippen molar-refractivity contribution in [2.24, 2.45) is 5.92 Å². The lowest BCUT2D eigenvalue weighted by molar-refractivity contribution is -0.127. The maximum absolute atomic E-state index is 13.4. The van der Waals surface area contributed by atoms with Crippen molar-refractivity contribution in [1.29, 1.82) is 5.26 Å². The van der Waals surface area contributed by atoms with Crippen molar-refractivity contribution in [3.05, 3.63) is 30.0 Å². The molecule has 3 fully saturated rings. The van der Waals surface area contributed by atoms with Gasteiger partial charge in [-0.05, 0) is 64.2 Å². The standard InChI is InChI=1S/C28H37N5O3S2/c1-27(2,3)32-26-30-23(21-6-4-5-7-22(21)25(34)31-28(18-29)12-13-28)24(37-26)19-8-10-20(11-9-19)33-14-16-38(35,36)17-15-33/h8-11,21-22H,4-7,12-17H2,1-3H3,(H,30,32)(H,31,34). The number of sulfone groups is 1. The van der Waals surface area contributed by atoms with Gasteiger partial charge in [-0.15, -0.1) is 0 Å². The van der Waals surface area contributed by atoms with Gasteiger partial charge in [0.2, 0.25) is 5.91 Å². The number of hydrogen-bond donors (Lipinski definition) is 2. The van der Waals surface area contributed by atoms with Crippen molar-refractivity contribution >= 4 is 37.9 Å². The summed E-state index contributed by atoms with van der Waals surface area (Å²) in [5, 5.41) is 16.9. The number of thiazole rings is 1. The summed E-state index contributed by atoms with van der Waals surface area (Å²) in [6, 6.07) is 10.6. The van der Waals surface area contributed by atoms with E-state index in [4.69, 9.17) is 4.98 Å². The van der Waals surface area contributed by atoms with E-state index >= 15 is 0 Å². The van der Waals surface area contributed by atoms with Gasteiger partial charge in [0.05, 0.1) is 28.1 Å². The Bertz CT molecular complexity index is 1320. The summed E-state index contributed by atoms with van der Waals surface area (Å²) in [5.41, 5.74) is 2.20. The Morgan fingerprint density at radius 3 is 2.39 bits per heavy atom. The van der Waals surface area contributed by atoms with Gasteiger partial charge < -0.3 is 15.5 Å². The maximum Gasteiger partial charge on any atom is 0.225 e. The van der Waals surface area contributed by atoms with E-state index in [0.29, 0.717) is 13.1 Å². The molecular formula is C28H37N5O3S2. The quantitative estimate of drug-likeness (QED) is 0.531. The summed E-state index contributed by atoms with van der Waals surface area (Å²) < 4.78 is 23.7. The first-order valence-electron chi connectivity index (χ1n) is 13.6. The Hall–Kier alpha value is -2.64. The molecule has 2 aromatic rings. The molecular weight excluding hydrogens is 518 g/mol. The highest BCUT2D eigenvalue weighted by Gasteiger charge is 2.47. The fourth-order valence-corrected chi connectivity index (χ4v) is 7.90. The zero-order chi connectivity index (χ0) is 27.1. The average molecular weight is 556 g/mol. The molecule has 1 aromatic carbocycles. The summed E-state index contributed by atoms with van der Waals surface area (Å²) in [4.78, 5) is 21.7. The maximum atomic E-state index is 13.4. The normalized spacial score (nSPS) is 24.3. The molecule has 2 saturated carbocycles. The van der Waals surface area contributed by atoms with Crippen LogP contribution in [0.1, 0.15) is 70.9 Å². The van der Waals surface area contributed by atoms with Crippen molar-refractivity contribution in [3.63, 3.8) is 0 Å². The SMILES string of the molecule is CC(C)(C)Nc1nc(C2CCCCC2C(=O)NC2(C#N)CC2)c(-c2ccc(N3CCS(=O)(=O)CC3)cc2)s1. The Labute approximate surface area is 229 Å². The fraction of sp³-hybridized carbons (Fsp3) is 0.607. The Morgan fingerprint density at radius 2 is 1.79 bits per heavy atom. The van der Waals surface area contributed by atoms with Crippen molar-refractivity contribution in [2.45, 2.75) is 76.3 Å². The summed E-state index contributed by atoms with van der Waals surface area (Å²) >= 11 is 1.62. The number of hydrogen-bond acceptors (Lipinski definition) is 8. The lowest BCUT2D eigenvalue weighted by Gasteiger charge is -2.31. The predicted octanol–water partition coefficient (Wildman–Crippen LogP) is 4.70. The van der Waals surface area contributed by atoms with Gasteiger partial charge in [-0.1, -0.05) is 36.3 Å². The highest BCUT2D eigenvalue weighted by molar-refractivity contribution is 7.91. The lowest BCUT2D eigenvalue weighted by Crippen LogP contribution is -2.42. The highest BCUT2D eigenvalue weighted by atomic mass is 32.2. The topological polar surface area (TPSA) is 115 Å². The summed E-state index contributed by atoms with van der Waals surface area (Å²) in [7, 11) is -2.93.